The summed E-state index contributed by atoms with van der Waals surface area (Å²) in [6.07, 6.45) is 2.75. The van der Waals surface area contributed by atoms with E-state index in [9.17, 15) is 9.90 Å². The Morgan fingerprint density at radius 3 is 2.74 bits per heavy atom. The van der Waals surface area contributed by atoms with E-state index in [2.05, 4.69) is 41.8 Å². The SMILES string of the molecule is COC[C@@H]1[C@H](C(=O)O)CCN1c1cccc(-c2cccc(C)c2OCc2cc(C)c3c(c2)CCN([C@@H]2CCOC2)C3)n1. The van der Waals surface area contributed by atoms with E-state index in [1.807, 2.05) is 30.3 Å². The highest BCUT2D eigenvalue weighted by Gasteiger charge is 2.39. The van der Waals surface area contributed by atoms with Crippen molar-refractivity contribution in [3.05, 3.63) is 76.3 Å². The Morgan fingerprint density at radius 2 is 1.95 bits per heavy atom. The van der Waals surface area contributed by atoms with Crippen LogP contribution in [-0.4, -0.2) is 73.1 Å². The highest BCUT2D eigenvalue weighted by atomic mass is 16.5. The van der Waals surface area contributed by atoms with Crippen molar-refractivity contribution in [2.45, 2.75) is 58.3 Å². The van der Waals surface area contributed by atoms with Gasteiger partial charge >= 0.3 is 5.97 Å². The second-order valence-electron chi connectivity index (χ2n) is 11.9. The number of carboxylic acids is 1. The van der Waals surface area contributed by atoms with Crippen LogP contribution in [0.5, 0.6) is 5.75 Å². The number of rotatable bonds is 9. The van der Waals surface area contributed by atoms with E-state index < -0.39 is 11.9 Å². The first-order chi connectivity index (χ1) is 20.4. The number of fused-ring (bicyclic) bond motifs is 1. The monoisotopic (exact) mass is 571 g/mol. The van der Waals surface area contributed by atoms with Gasteiger partial charge in [0.2, 0.25) is 0 Å². The number of anilines is 1. The van der Waals surface area contributed by atoms with E-state index >= 15 is 0 Å². The number of carboxylic acid groups (broad SMARTS) is 1. The molecule has 4 heterocycles. The molecule has 1 N–H and O–H groups in total. The smallest absolute Gasteiger partial charge is 0.308 e. The van der Waals surface area contributed by atoms with Crippen LogP contribution >= 0.6 is 0 Å². The third kappa shape index (κ3) is 5.76. The van der Waals surface area contributed by atoms with Crippen LogP contribution in [0.15, 0.2) is 48.5 Å². The summed E-state index contributed by atoms with van der Waals surface area (Å²) in [4.78, 5) is 21.5. The van der Waals surface area contributed by atoms with Crippen molar-refractivity contribution >= 4 is 11.8 Å². The first kappa shape index (κ1) is 28.6. The Morgan fingerprint density at radius 1 is 1.10 bits per heavy atom. The topological polar surface area (TPSA) is 84.4 Å². The molecule has 0 bridgehead atoms. The summed E-state index contributed by atoms with van der Waals surface area (Å²) < 4.78 is 17.6. The highest BCUT2D eigenvalue weighted by molar-refractivity contribution is 5.74. The fourth-order valence-corrected chi connectivity index (χ4v) is 6.91. The molecule has 3 atom stereocenters. The summed E-state index contributed by atoms with van der Waals surface area (Å²) in [5.74, 6) is 0.314. The van der Waals surface area contributed by atoms with E-state index in [0.29, 0.717) is 32.2 Å². The molecule has 0 saturated carbocycles. The fraction of sp³-hybridized carbons (Fsp3) is 0.471. The Kier molecular flexibility index (Phi) is 8.47. The molecule has 222 valence electrons. The average molecular weight is 572 g/mol. The highest BCUT2D eigenvalue weighted by Crippen LogP contribution is 2.36. The maximum absolute atomic E-state index is 11.9. The van der Waals surface area contributed by atoms with Gasteiger partial charge in [-0.3, -0.25) is 9.69 Å². The van der Waals surface area contributed by atoms with Crippen LogP contribution in [0.3, 0.4) is 0 Å². The number of aliphatic carboxylic acids is 1. The molecule has 8 nitrogen and oxygen atoms in total. The number of para-hydroxylation sites is 1. The standard InChI is InChI=1S/C34H41N3O5/c1-22-6-4-7-27(30-8-5-9-32(35-30)37-14-11-28(34(38)39)31(37)21-40-3)33(22)42-19-24-16-23(2)29-18-36(13-10-25(29)17-24)26-12-15-41-20-26/h4-9,16-17,26,28,31H,10-15,18-21H2,1-3H3,(H,38,39)/t26-,28-,31-/m1/s1. The zero-order valence-electron chi connectivity index (χ0n) is 24.8. The number of methoxy groups -OCH3 is 1. The van der Waals surface area contributed by atoms with Crippen LogP contribution in [0.1, 0.15) is 40.7 Å². The molecular weight excluding hydrogens is 530 g/mol. The van der Waals surface area contributed by atoms with Gasteiger partial charge in [-0.05, 0) is 79.1 Å². The number of ether oxygens (including phenoxy) is 3. The second kappa shape index (κ2) is 12.4. The predicted molar refractivity (Wildman–Crippen MR) is 162 cm³/mol. The van der Waals surface area contributed by atoms with Gasteiger partial charge in [0.25, 0.3) is 0 Å². The van der Waals surface area contributed by atoms with Gasteiger partial charge in [-0.2, -0.15) is 0 Å². The van der Waals surface area contributed by atoms with Gasteiger partial charge in [-0.15, -0.1) is 0 Å². The summed E-state index contributed by atoms with van der Waals surface area (Å²) in [5.41, 5.74) is 8.17. The molecule has 2 aromatic carbocycles. The molecule has 3 aliphatic heterocycles. The van der Waals surface area contributed by atoms with Crippen LogP contribution in [0.25, 0.3) is 11.3 Å². The number of hydrogen-bond donors (Lipinski definition) is 1. The van der Waals surface area contributed by atoms with Gasteiger partial charge in [-0.25, -0.2) is 4.98 Å². The molecule has 0 amide bonds. The van der Waals surface area contributed by atoms with Gasteiger partial charge in [0, 0.05) is 45.0 Å². The lowest BCUT2D eigenvalue weighted by Gasteiger charge is -2.34. The van der Waals surface area contributed by atoms with Gasteiger partial charge in [0.05, 0.1) is 30.9 Å². The van der Waals surface area contributed by atoms with Crippen molar-refractivity contribution < 1.29 is 24.1 Å². The summed E-state index contributed by atoms with van der Waals surface area (Å²) in [6, 6.07) is 16.9. The maximum atomic E-state index is 11.9. The lowest BCUT2D eigenvalue weighted by Crippen LogP contribution is -2.39. The number of aryl methyl sites for hydroxylation is 2. The molecule has 0 radical (unpaired) electrons. The number of benzene rings is 2. The van der Waals surface area contributed by atoms with Crippen molar-refractivity contribution in [3.8, 4) is 17.0 Å². The van der Waals surface area contributed by atoms with Crippen molar-refractivity contribution in [1.29, 1.82) is 0 Å². The zero-order valence-corrected chi connectivity index (χ0v) is 24.8. The van der Waals surface area contributed by atoms with Crippen molar-refractivity contribution in [2.24, 2.45) is 5.92 Å². The van der Waals surface area contributed by atoms with Crippen LogP contribution < -0.4 is 9.64 Å². The summed E-state index contributed by atoms with van der Waals surface area (Å²) in [7, 11) is 1.61. The summed E-state index contributed by atoms with van der Waals surface area (Å²) in [5, 5.41) is 9.74. The number of hydrogen-bond acceptors (Lipinski definition) is 7. The minimum Gasteiger partial charge on any atom is -0.488 e. The quantitative estimate of drug-likeness (QED) is 0.384. The van der Waals surface area contributed by atoms with Crippen LogP contribution in [0, 0.1) is 19.8 Å². The first-order valence-electron chi connectivity index (χ1n) is 15.0. The first-order valence-corrected chi connectivity index (χ1v) is 15.0. The molecule has 2 fully saturated rings. The number of aromatic nitrogens is 1. The van der Waals surface area contributed by atoms with E-state index in [1.54, 1.807) is 7.11 Å². The molecule has 1 aromatic heterocycles. The normalized spacial score (nSPS) is 22.4. The van der Waals surface area contributed by atoms with E-state index in [0.717, 1.165) is 67.5 Å². The fourth-order valence-electron chi connectivity index (χ4n) is 6.91. The summed E-state index contributed by atoms with van der Waals surface area (Å²) >= 11 is 0. The molecular formula is C34H41N3O5. The minimum atomic E-state index is -0.789. The van der Waals surface area contributed by atoms with Gasteiger partial charge in [0.1, 0.15) is 18.2 Å². The van der Waals surface area contributed by atoms with Crippen LogP contribution in [0.4, 0.5) is 5.82 Å². The van der Waals surface area contributed by atoms with Crippen molar-refractivity contribution in [1.82, 2.24) is 9.88 Å². The lowest BCUT2D eigenvalue weighted by molar-refractivity contribution is -0.142. The van der Waals surface area contributed by atoms with Crippen LogP contribution in [0.2, 0.25) is 0 Å². The molecule has 3 aromatic rings. The third-order valence-electron chi connectivity index (χ3n) is 9.18. The Balaban J connectivity index is 1.22. The number of carbonyl (C=O) groups is 1. The second-order valence-corrected chi connectivity index (χ2v) is 11.9. The zero-order chi connectivity index (χ0) is 29.2. The van der Waals surface area contributed by atoms with E-state index in [4.69, 9.17) is 19.2 Å². The van der Waals surface area contributed by atoms with Crippen molar-refractivity contribution in [2.75, 3.05) is 44.9 Å². The summed E-state index contributed by atoms with van der Waals surface area (Å²) in [6.45, 7) is 9.53. The number of pyridine rings is 1. The Labute approximate surface area is 248 Å². The predicted octanol–water partition coefficient (Wildman–Crippen LogP) is 5.02. The molecule has 0 unspecified atom stereocenters. The minimum absolute atomic E-state index is 0.255. The van der Waals surface area contributed by atoms with E-state index in [1.165, 1.54) is 22.3 Å². The molecule has 0 spiro atoms. The third-order valence-corrected chi connectivity index (χ3v) is 9.18. The molecule has 3 aliphatic rings. The van der Waals surface area contributed by atoms with E-state index in [-0.39, 0.29) is 6.04 Å². The molecule has 42 heavy (non-hydrogen) atoms. The molecule has 0 aliphatic carbocycles. The van der Waals surface area contributed by atoms with Gasteiger partial charge in [0.15, 0.2) is 0 Å². The number of nitrogens with zero attached hydrogens (tertiary/aromatic N) is 3. The Bertz CT molecular complexity index is 1440. The van der Waals surface area contributed by atoms with Crippen molar-refractivity contribution in [3.63, 3.8) is 0 Å². The largest absolute Gasteiger partial charge is 0.488 e. The van der Waals surface area contributed by atoms with Gasteiger partial charge in [-0.1, -0.05) is 30.3 Å². The molecule has 2 saturated heterocycles. The van der Waals surface area contributed by atoms with Crippen LogP contribution in [-0.2, 0) is 33.8 Å². The lowest BCUT2D eigenvalue weighted by atomic mass is 9.92. The molecule has 6 rings (SSSR count). The maximum Gasteiger partial charge on any atom is 0.308 e. The molecule has 8 heteroatoms. The average Bonchev–Trinajstić information content (AvgIpc) is 3.68. The Hall–Kier alpha value is -3.46. The van der Waals surface area contributed by atoms with Gasteiger partial charge < -0.3 is 24.2 Å².